The third kappa shape index (κ3) is 3.38. The third-order valence-electron chi connectivity index (χ3n) is 3.71. The summed E-state index contributed by atoms with van der Waals surface area (Å²) in [5.41, 5.74) is 0.0353. The van der Waals surface area contributed by atoms with E-state index in [4.69, 9.17) is 5.14 Å². The van der Waals surface area contributed by atoms with Crippen molar-refractivity contribution in [3.63, 3.8) is 0 Å². The first-order valence-corrected chi connectivity index (χ1v) is 9.28. The highest BCUT2D eigenvalue weighted by atomic mass is 32.2. The summed E-state index contributed by atoms with van der Waals surface area (Å²) < 4.78 is 49.0. The number of rotatable bonds is 5. The predicted octanol–water partition coefficient (Wildman–Crippen LogP) is 0.803. The Hall–Kier alpha value is -0.960. The van der Waals surface area contributed by atoms with Crippen LogP contribution in [-0.2, 0) is 20.0 Å². The first kappa shape index (κ1) is 15.4. The molecule has 20 heavy (non-hydrogen) atoms. The van der Waals surface area contributed by atoms with Gasteiger partial charge in [-0.1, -0.05) is 13.3 Å². The second-order valence-electron chi connectivity index (χ2n) is 5.51. The van der Waals surface area contributed by atoms with E-state index in [-0.39, 0.29) is 15.2 Å². The normalized spacial score (nSPS) is 18.5. The van der Waals surface area contributed by atoms with Gasteiger partial charge in [0, 0.05) is 6.54 Å². The highest BCUT2D eigenvalue weighted by molar-refractivity contribution is 7.89. The topological polar surface area (TPSA) is 106 Å². The van der Waals surface area contributed by atoms with Crippen LogP contribution in [0.1, 0.15) is 26.2 Å². The molecule has 3 N–H and O–H groups in total. The van der Waals surface area contributed by atoms with Crippen LogP contribution in [0.15, 0.2) is 34.1 Å². The van der Waals surface area contributed by atoms with Crippen LogP contribution in [0, 0.1) is 5.41 Å². The first-order chi connectivity index (χ1) is 9.12. The van der Waals surface area contributed by atoms with E-state index in [1.54, 1.807) is 0 Å². The van der Waals surface area contributed by atoms with Crippen molar-refractivity contribution in [3.8, 4) is 0 Å². The molecule has 1 aliphatic carbocycles. The molecule has 0 unspecified atom stereocenters. The lowest BCUT2D eigenvalue weighted by molar-refractivity contribution is 0.166. The Bertz CT molecular complexity index is 689. The maximum absolute atomic E-state index is 12.1. The van der Waals surface area contributed by atoms with Crippen LogP contribution in [0.25, 0.3) is 0 Å². The molecule has 0 spiro atoms. The smallest absolute Gasteiger partial charge is 0.225 e. The van der Waals surface area contributed by atoms with E-state index in [2.05, 4.69) is 4.72 Å². The zero-order valence-corrected chi connectivity index (χ0v) is 12.8. The van der Waals surface area contributed by atoms with Crippen molar-refractivity contribution in [2.45, 2.75) is 36.0 Å². The number of nitrogens with one attached hydrogen (secondary N) is 1. The Kier molecular flexibility index (Phi) is 3.94. The summed E-state index contributed by atoms with van der Waals surface area (Å²) in [6, 6.07) is 4.86. The van der Waals surface area contributed by atoms with E-state index in [0.717, 1.165) is 19.3 Å². The quantitative estimate of drug-likeness (QED) is 0.837. The van der Waals surface area contributed by atoms with Gasteiger partial charge in [0.05, 0.1) is 9.79 Å². The van der Waals surface area contributed by atoms with E-state index in [1.165, 1.54) is 24.3 Å². The molecule has 0 amide bonds. The van der Waals surface area contributed by atoms with Gasteiger partial charge in [-0.05, 0) is 42.5 Å². The van der Waals surface area contributed by atoms with Gasteiger partial charge in [0.15, 0.2) is 0 Å². The van der Waals surface area contributed by atoms with Gasteiger partial charge < -0.3 is 0 Å². The molecule has 1 aromatic rings. The minimum Gasteiger partial charge on any atom is -0.225 e. The van der Waals surface area contributed by atoms with Crippen LogP contribution in [0.5, 0.6) is 0 Å². The second-order valence-corrected chi connectivity index (χ2v) is 8.83. The predicted molar refractivity (Wildman–Crippen MR) is 75.0 cm³/mol. The van der Waals surface area contributed by atoms with Gasteiger partial charge in [0.25, 0.3) is 0 Å². The van der Waals surface area contributed by atoms with Crippen LogP contribution in [-0.4, -0.2) is 23.4 Å². The SMILES string of the molecule is CC1(CNS(=O)(=O)c2ccc(S(N)(=O)=O)cc2)CCC1. The molecule has 8 heteroatoms. The van der Waals surface area contributed by atoms with Crippen molar-refractivity contribution in [2.24, 2.45) is 10.6 Å². The van der Waals surface area contributed by atoms with Gasteiger partial charge in [-0.25, -0.2) is 26.7 Å². The lowest BCUT2D eigenvalue weighted by atomic mass is 9.71. The average molecular weight is 318 g/mol. The zero-order chi connectivity index (χ0) is 15.0. The van der Waals surface area contributed by atoms with Crippen molar-refractivity contribution in [2.75, 3.05) is 6.54 Å². The van der Waals surface area contributed by atoms with Crippen LogP contribution < -0.4 is 9.86 Å². The average Bonchev–Trinajstić information content (AvgIpc) is 2.33. The molecule has 1 aromatic carbocycles. The highest BCUT2D eigenvalue weighted by Gasteiger charge is 2.33. The maximum Gasteiger partial charge on any atom is 0.240 e. The lowest BCUT2D eigenvalue weighted by Gasteiger charge is -2.38. The summed E-state index contributed by atoms with van der Waals surface area (Å²) in [5, 5.41) is 4.96. The summed E-state index contributed by atoms with van der Waals surface area (Å²) in [4.78, 5) is -0.0739. The van der Waals surface area contributed by atoms with E-state index in [0.29, 0.717) is 6.54 Å². The van der Waals surface area contributed by atoms with E-state index >= 15 is 0 Å². The van der Waals surface area contributed by atoms with Gasteiger partial charge in [0.1, 0.15) is 0 Å². The maximum atomic E-state index is 12.1. The van der Waals surface area contributed by atoms with Crippen LogP contribution in [0.2, 0.25) is 0 Å². The Morgan fingerprint density at radius 1 is 1.10 bits per heavy atom. The molecule has 0 saturated heterocycles. The Balaban J connectivity index is 2.13. The van der Waals surface area contributed by atoms with Crippen molar-refractivity contribution in [1.29, 1.82) is 0 Å². The summed E-state index contributed by atoms with van der Waals surface area (Å²) >= 11 is 0. The molecule has 0 aliphatic heterocycles. The molecule has 1 fully saturated rings. The fraction of sp³-hybridized carbons (Fsp3) is 0.500. The number of primary sulfonamides is 1. The number of hydrogen-bond acceptors (Lipinski definition) is 4. The van der Waals surface area contributed by atoms with Crippen molar-refractivity contribution in [1.82, 2.24) is 4.72 Å². The number of benzene rings is 1. The van der Waals surface area contributed by atoms with Crippen molar-refractivity contribution >= 4 is 20.0 Å². The van der Waals surface area contributed by atoms with E-state index < -0.39 is 20.0 Å². The van der Waals surface area contributed by atoms with Gasteiger partial charge in [-0.3, -0.25) is 0 Å². The highest BCUT2D eigenvalue weighted by Crippen LogP contribution is 2.39. The summed E-state index contributed by atoms with van der Waals surface area (Å²) in [6.07, 6.45) is 3.15. The monoisotopic (exact) mass is 318 g/mol. The molecule has 1 aliphatic rings. The third-order valence-corrected chi connectivity index (χ3v) is 6.06. The zero-order valence-electron chi connectivity index (χ0n) is 11.2. The molecule has 0 bridgehead atoms. The lowest BCUT2D eigenvalue weighted by Crippen LogP contribution is -2.39. The Morgan fingerprint density at radius 2 is 1.60 bits per heavy atom. The molecule has 0 heterocycles. The summed E-state index contributed by atoms with van der Waals surface area (Å²) in [6.45, 7) is 2.44. The fourth-order valence-corrected chi connectivity index (χ4v) is 3.83. The minimum absolute atomic E-state index is 0.0350. The fourth-order valence-electron chi connectivity index (χ4n) is 2.12. The molecule has 6 nitrogen and oxygen atoms in total. The van der Waals surface area contributed by atoms with Crippen LogP contribution in [0.4, 0.5) is 0 Å². The second kappa shape index (κ2) is 5.10. The number of hydrogen-bond donors (Lipinski definition) is 2. The number of nitrogens with two attached hydrogens (primary N) is 1. The summed E-state index contributed by atoms with van der Waals surface area (Å²) in [5.74, 6) is 0. The number of sulfonamides is 2. The summed E-state index contributed by atoms with van der Waals surface area (Å²) in [7, 11) is -7.43. The van der Waals surface area contributed by atoms with Gasteiger partial charge in [0.2, 0.25) is 20.0 Å². The Labute approximate surface area is 119 Å². The van der Waals surface area contributed by atoms with Gasteiger partial charge >= 0.3 is 0 Å². The van der Waals surface area contributed by atoms with Crippen molar-refractivity contribution in [3.05, 3.63) is 24.3 Å². The van der Waals surface area contributed by atoms with Crippen LogP contribution in [0.3, 0.4) is 0 Å². The minimum atomic E-state index is -3.81. The molecular weight excluding hydrogens is 300 g/mol. The molecule has 0 radical (unpaired) electrons. The standard InChI is InChI=1S/C12H18N2O4S2/c1-12(7-2-8-12)9-14-20(17,18)11-5-3-10(4-6-11)19(13,15)16/h3-6,14H,2,7-9H2,1H3,(H2,13,15,16). The van der Waals surface area contributed by atoms with Gasteiger partial charge in [-0.2, -0.15) is 0 Å². The largest absolute Gasteiger partial charge is 0.240 e. The molecule has 0 atom stereocenters. The first-order valence-electron chi connectivity index (χ1n) is 6.25. The van der Waals surface area contributed by atoms with Gasteiger partial charge in [-0.15, -0.1) is 0 Å². The molecule has 2 rings (SSSR count). The van der Waals surface area contributed by atoms with E-state index in [1.807, 2.05) is 6.92 Å². The molecular formula is C12H18N2O4S2. The molecule has 1 saturated carbocycles. The Morgan fingerprint density at radius 3 is 2.00 bits per heavy atom. The molecule has 112 valence electrons. The van der Waals surface area contributed by atoms with Crippen molar-refractivity contribution < 1.29 is 16.8 Å². The molecule has 0 aromatic heterocycles. The van der Waals surface area contributed by atoms with Crippen LogP contribution >= 0.6 is 0 Å². The van der Waals surface area contributed by atoms with E-state index in [9.17, 15) is 16.8 Å².